The smallest absolute Gasteiger partial charge is 0.330 e. The molecule has 0 amide bonds. The van der Waals surface area contributed by atoms with Crippen molar-refractivity contribution < 1.29 is 19.7 Å². The molecule has 1 aromatic carbocycles. The molecule has 8 nitrogen and oxygen atoms in total. The summed E-state index contributed by atoms with van der Waals surface area (Å²) in [5.41, 5.74) is 0.814. The lowest BCUT2D eigenvalue weighted by molar-refractivity contribution is -0.284. The van der Waals surface area contributed by atoms with Crippen LogP contribution in [-0.4, -0.2) is 44.2 Å². The minimum atomic E-state index is -1.30. The molecule has 0 aliphatic carbocycles. The second-order valence-corrected chi connectivity index (χ2v) is 8.54. The van der Waals surface area contributed by atoms with Crippen LogP contribution in [0.4, 0.5) is 0 Å². The van der Waals surface area contributed by atoms with E-state index in [1.54, 1.807) is 0 Å². The molecule has 4 rings (SSSR count). The number of rotatable bonds is 6. The molecule has 0 bridgehead atoms. The van der Waals surface area contributed by atoms with Crippen LogP contribution in [-0.2, 0) is 28.9 Å². The first kappa shape index (κ1) is 22.0. The second kappa shape index (κ2) is 9.08. The lowest BCUT2D eigenvalue weighted by Gasteiger charge is -2.50. The molecule has 1 aromatic heterocycles. The van der Waals surface area contributed by atoms with E-state index in [4.69, 9.17) is 9.47 Å². The van der Waals surface area contributed by atoms with Gasteiger partial charge in [0.05, 0.1) is 13.2 Å². The molecule has 168 valence electrons. The predicted molar refractivity (Wildman–Crippen MR) is 114 cm³/mol. The van der Waals surface area contributed by atoms with Crippen molar-refractivity contribution in [2.45, 2.75) is 76.1 Å². The Kier molecular flexibility index (Phi) is 6.43. The Hall–Kier alpha value is -2.26. The zero-order chi connectivity index (χ0) is 22.0. The molecule has 8 heteroatoms. The van der Waals surface area contributed by atoms with E-state index < -0.39 is 35.3 Å². The molecule has 1 fully saturated rings. The average molecular weight is 431 g/mol. The normalized spacial score (nSPS) is 27.9. The van der Waals surface area contributed by atoms with Crippen LogP contribution in [0.2, 0.25) is 0 Å². The van der Waals surface area contributed by atoms with E-state index in [-0.39, 0.29) is 13.2 Å². The summed E-state index contributed by atoms with van der Waals surface area (Å²) in [5, 5.41) is 21.9. The standard InChI is InChI=1S/C23H30N2O6/c1-2-3-4-5-6-15-7-8-16-12-23(31-13-17(16)11-15)18(26)14-30-21(20(23)28)25-10-9-19(27)24-22(25)29/h7-11,18,20-21,26,28H,2-6,12-14H2,1H3,(H,24,27,29)/t18-,20+,21+,23-/m1/s1. The first-order valence-electron chi connectivity index (χ1n) is 11.0. The van der Waals surface area contributed by atoms with E-state index in [0.717, 1.165) is 28.5 Å². The first-order valence-corrected chi connectivity index (χ1v) is 11.0. The topological polar surface area (TPSA) is 114 Å². The van der Waals surface area contributed by atoms with Crippen molar-refractivity contribution in [3.05, 3.63) is 68.0 Å². The number of aromatic nitrogens is 2. The van der Waals surface area contributed by atoms with E-state index in [1.807, 2.05) is 6.07 Å². The largest absolute Gasteiger partial charge is 0.388 e. The van der Waals surface area contributed by atoms with Crippen LogP contribution in [0.5, 0.6) is 0 Å². The molecule has 0 saturated carbocycles. The third-order valence-electron chi connectivity index (χ3n) is 6.44. The highest BCUT2D eigenvalue weighted by molar-refractivity contribution is 5.35. The Morgan fingerprint density at radius 1 is 1.16 bits per heavy atom. The van der Waals surface area contributed by atoms with Gasteiger partial charge < -0.3 is 19.7 Å². The van der Waals surface area contributed by atoms with Gasteiger partial charge in [-0.2, -0.15) is 0 Å². The first-order chi connectivity index (χ1) is 14.9. The van der Waals surface area contributed by atoms with Gasteiger partial charge in [0, 0.05) is 18.7 Å². The van der Waals surface area contributed by atoms with E-state index in [2.05, 4.69) is 24.0 Å². The predicted octanol–water partition coefficient (Wildman–Crippen LogP) is 1.42. The van der Waals surface area contributed by atoms with Gasteiger partial charge in [0.25, 0.3) is 5.56 Å². The maximum absolute atomic E-state index is 12.2. The summed E-state index contributed by atoms with van der Waals surface area (Å²) in [4.78, 5) is 25.8. The number of ether oxygens (including phenoxy) is 2. The highest BCUT2D eigenvalue weighted by Gasteiger charge is 2.55. The number of benzene rings is 1. The van der Waals surface area contributed by atoms with Gasteiger partial charge >= 0.3 is 5.69 Å². The van der Waals surface area contributed by atoms with Crippen LogP contribution >= 0.6 is 0 Å². The number of nitrogens with one attached hydrogen (secondary N) is 1. The molecule has 2 aliphatic heterocycles. The molecule has 31 heavy (non-hydrogen) atoms. The number of hydrogen-bond donors (Lipinski definition) is 3. The van der Waals surface area contributed by atoms with Crippen molar-refractivity contribution in [3.8, 4) is 0 Å². The van der Waals surface area contributed by atoms with Crippen LogP contribution < -0.4 is 11.2 Å². The van der Waals surface area contributed by atoms with Gasteiger partial charge in [0.2, 0.25) is 0 Å². The monoisotopic (exact) mass is 430 g/mol. The summed E-state index contributed by atoms with van der Waals surface area (Å²) in [5.74, 6) is 0. The molecule has 0 radical (unpaired) electrons. The summed E-state index contributed by atoms with van der Waals surface area (Å²) in [6.07, 6.45) is 4.00. The van der Waals surface area contributed by atoms with Gasteiger partial charge in [0.1, 0.15) is 17.8 Å². The lowest BCUT2D eigenvalue weighted by Crippen LogP contribution is -2.65. The summed E-state index contributed by atoms with van der Waals surface area (Å²) in [6.45, 7) is 2.36. The van der Waals surface area contributed by atoms with Gasteiger partial charge in [-0.25, -0.2) is 4.79 Å². The minimum Gasteiger partial charge on any atom is -0.388 e. The minimum absolute atomic E-state index is 0.0991. The summed E-state index contributed by atoms with van der Waals surface area (Å²) in [6, 6.07) is 7.49. The number of nitrogens with zero attached hydrogens (tertiary/aromatic N) is 1. The molecule has 3 heterocycles. The van der Waals surface area contributed by atoms with Crippen molar-refractivity contribution >= 4 is 0 Å². The van der Waals surface area contributed by atoms with E-state index in [1.165, 1.54) is 37.1 Å². The fourth-order valence-corrected chi connectivity index (χ4v) is 4.58. The Morgan fingerprint density at radius 2 is 2.00 bits per heavy atom. The Bertz CT molecular complexity index is 1030. The highest BCUT2D eigenvalue weighted by atomic mass is 16.6. The third kappa shape index (κ3) is 4.25. The summed E-state index contributed by atoms with van der Waals surface area (Å²) in [7, 11) is 0. The Labute approximate surface area is 180 Å². The average Bonchev–Trinajstić information content (AvgIpc) is 2.76. The zero-order valence-corrected chi connectivity index (χ0v) is 17.8. The number of hydrogen-bond acceptors (Lipinski definition) is 6. The molecule has 1 spiro atoms. The third-order valence-corrected chi connectivity index (χ3v) is 6.44. The molecule has 2 aliphatic rings. The van der Waals surface area contributed by atoms with Crippen LogP contribution in [0.25, 0.3) is 0 Å². The number of fused-ring (bicyclic) bond motifs is 1. The number of H-pyrrole nitrogens is 1. The van der Waals surface area contributed by atoms with Crippen molar-refractivity contribution in [2.75, 3.05) is 6.61 Å². The SMILES string of the molecule is CCCCCCc1ccc2c(c1)CO[C@]1(C2)[C@H](O)CO[C@H](n2ccc(=O)[nH]c2=O)[C@@H]1O. The zero-order valence-electron chi connectivity index (χ0n) is 17.8. The van der Waals surface area contributed by atoms with Crippen LogP contribution in [0.1, 0.15) is 55.5 Å². The lowest BCUT2D eigenvalue weighted by atomic mass is 9.78. The number of aliphatic hydroxyl groups excluding tert-OH is 2. The Balaban J connectivity index is 1.56. The van der Waals surface area contributed by atoms with Crippen molar-refractivity contribution in [2.24, 2.45) is 0 Å². The Morgan fingerprint density at radius 3 is 2.77 bits per heavy atom. The van der Waals surface area contributed by atoms with Crippen LogP contribution in [0, 0.1) is 0 Å². The van der Waals surface area contributed by atoms with Gasteiger partial charge in [-0.05, 0) is 29.5 Å². The highest BCUT2D eigenvalue weighted by Crippen LogP contribution is 2.41. The molecular weight excluding hydrogens is 400 g/mol. The molecule has 1 saturated heterocycles. The van der Waals surface area contributed by atoms with Gasteiger partial charge in [-0.1, -0.05) is 44.4 Å². The van der Waals surface area contributed by atoms with Gasteiger partial charge in [-0.15, -0.1) is 0 Å². The summed E-state index contributed by atoms with van der Waals surface area (Å²) >= 11 is 0. The van der Waals surface area contributed by atoms with Crippen molar-refractivity contribution in [1.82, 2.24) is 9.55 Å². The number of aromatic amines is 1. The molecule has 3 N–H and O–H groups in total. The molecular formula is C23H30N2O6. The number of unbranched alkanes of at least 4 members (excludes halogenated alkanes) is 3. The molecule has 2 aromatic rings. The maximum atomic E-state index is 12.2. The van der Waals surface area contributed by atoms with Crippen molar-refractivity contribution in [1.29, 1.82) is 0 Å². The second-order valence-electron chi connectivity index (χ2n) is 8.54. The number of aryl methyl sites for hydroxylation is 1. The van der Waals surface area contributed by atoms with Crippen LogP contribution in [0.15, 0.2) is 40.1 Å². The van der Waals surface area contributed by atoms with E-state index in [9.17, 15) is 19.8 Å². The van der Waals surface area contributed by atoms with Crippen molar-refractivity contribution in [3.63, 3.8) is 0 Å². The molecule has 4 atom stereocenters. The summed E-state index contributed by atoms with van der Waals surface area (Å²) < 4.78 is 12.8. The fraction of sp³-hybridized carbons (Fsp3) is 0.565. The quantitative estimate of drug-likeness (QED) is 0.598. The fourth-order valence-electron chi connectivity index (χ4n) is 4.58. The van der Waals surface area contributed by atoms with Crippen LogP contribution in [0.3, 0.4) is 0 Å². The maximum Gasteiger partial charge on any atom is 0.330 e. The van der Waals surface area contributed by atoms with E-state index in [0.29, 0.717) is 6.42 Å². The van der Waals surface area contributed by atoms with Gasteiger partial charge in [0.15, 0.2) is 6.23 Å². The van der Waals surface area contributed by atoms with E-state index >= 15 is 0 Å². The molecule has 0 unspecified atom stereocenters. The number of aliphatic hydroxyl groups is 2. The van der Waals surface area contributed by atoms with Gasteiger partial charge in [-0.3, -0.25) is 14.3 Å².